The SMILES string of the molecule is CCCCCCCC(=O)OC[C@H](COP(=O)(O)OC[C@H](O)COP(=O)(O)OC[C@@H](COC(=O)CCCCCCCCCCCCC(C)CC)OC(=O)CCCCCCCCCCCCCCC(C)C)OC(=O)CCCCCCCCCCC(C)CC. The van der Waals surface area contributed by atoms with Crippen LogP contribution in [0.4, 0.5) is 0 Å². The lowest BCUT2D eigenvalue weighted by atomic mass is 9.99. The van der Waals surface area contributed by atoms with Crippen LogP contribution in [0.25, 0.3) is 0 Å². The van der Waals surface area contributed by atoms with E-state index in [1.54, 1.807) is 0 Å². The van der Waals surface area contributed by atoms with Crippen LogP contribution in [0.15, 0.2) is 0 Å². The third-order valence-corrected chi connectivity index (χ3v) is 18.0. The molecule has 510 valence electrons. The first-order valence-corrected chi connectivity index (χ1v) is 37.9. The van der Waals surface area contributed by atoms with E-state index in [1.165, 1.54) is 135 Å². The van der Waals surface area contributed by atoms with Crippen LogP contribution < -0.4 is 0 Å². The summed E-state index contributed by atoms with van der Waals surface area (Å²) in [6.45, 7) is 11.8. The third-order valence-electron chi connectivity index (χ3n) is 16.1. The predicted molar refractivity (Wildman–Crippen MR) is 344 cm³/mol. The van der Waals surface area contributed by atoms with Crippen LogP contribution >= 0.6 is 15.6 Å². The molecule has 3 N–H and O–H groups in total. The Labute approximate surface area is 524 Å². The average Bonchev–Trinajstić information content (AvgIpc) is 3.56. The number of carbonyl (C=O) groups excluding carboxylic acids is 4. The number of carbonyl (C=O) groups is 4. The van der Waals surface area contributed by atoms with Gasteiger partial charge in [-0.15, -0.1) is 0 Å². The van der Waals surface area contributed by atoms with E-state index >= 15 is 0 Å². The van der Waals surface area contributed by atoms with Crippen LogP contribution in [-0.2, 0) is 65.4 Å². The van der Waals surface area contributed by atoms with Gasteiger partial charge in [0.2, 0.25) is 0 Å². The van der Waals surface area contributed by atoms with E-state index in [-0.39, 0.29) is 25.7 Å². The summed E-state index contributed by atoms with van der Waals surface area (Å²) in [6, 6.07) is 0. The normalized spacial score (nSPS) is 14.9. The summed E-state index contributed by atoms with van der Waals surface area (Å²) in [7, 11) is -9.89. The lowest BCUT2D eigenvalue weighted by Gasteiger charge is -2.21. The number of esters is 4. The van der Waals surface area contributed by atoms with Crippen LogP contribution in [-0.4, -0.2) is 96.7 Å². The predicted octanol–water partition coefficient (Wildman–Crippen LogP) is 18.7. The van der Waals surface area contributed by atoms with Crippen LogP contribution in [0.3, 0.4) is 0 Å². The number of ether oxygens (including phenoxy) is 4. The second-order valence-electron chi connectivity index (χ2n) is 25.2. The molecule has 0 aliphatic rings. The van der Waals surface area contributed by atoms with Crippen molar-refractivity contribution < 1.29 is 80.2 Å². The second-order valence-corrected chi connectivity index (χ2v) is 28.1. The van der Waals surface area contributed by atoms with Gasteiger partial charge in [0.15, 0.2) is 12.2 Å². The smallest absolute Gasteiger partial charge is 0.462 e. The molecule has 0 radical (unpaired) electrons. The van der Waals surface area contributed by atoms with E-state index < -0.39 is 97.5 Å². The molecule has 0 aromatic heterocycles. The van der Waals surface area contributed by atoms with Gasteiger partial charge < -0.3 is 33.8 Å². The summed E-state index contributed by atoms with van der Waals surface area (Å²) < 4.78 is 68.0. The van der Waals surface area contributed by atoms with Crippen molar-refractivity contribution in [1.82, 2.24) is 0 Å². The summed E-state index contributed by atoms with van der Waals surface area (Å²) >= 11 is 0. The third kappa shape index (κ3) is 58.4. The molecule has 0 amide bonds. The van der Waals surface area contributed by atoms with Gasteiger partial charge in [-0.05, 0) is 43.4 Å². The molecule has 0 spiro atoms. The van der Waals surface area contributed by atoms with E-state index in [0.717, 1.165) is 114 Å². The molecule has 0 bridgehead atoms. The second kappa shape index (κ2) is 58.2. The molecule has 19 heteroatoms. The van der Waals surface area contributed by atoms with E-state index in [9.17, 15) is 43.2 Å². The first-order chi connectivity index (χ1) is 41.3. The number of aliphatic hydroxyl groups is 1. The lowest BCUT2D eigenvalue weighted by Crippen LogP contribution is -2.30. The molecule has 0 heterocycles. The Balaban J connectivity index is 5.19. The summed E-state index contributed by atoms with van der Waals surface area (Å²) in [4.78, 5) is 72.2. The Bertz CT molecular complexity index is 1700. The monoisotopic (exact) mass is 1270 g/mol. The van der Waals surface area contributed by atoms with Gasteiger partial charge >= 0.3 is 39.5 Å². The van der Waals surface area contributed by atoms with Gasteiger partial charge in [-0.2, -0.15) is 0 Å². The maximum Gasteiger partial charge on any atom is 0.472 e. The molecule has 0 saturated carbocycles. The highest BCUT2D eigenvalue weighted by atomic mass is 31.2. The van der Waals surface area contributed by atoms with Gasteiger partial charge in [-0.3, -0.25) is 37.3 Å². The van der Waals surface area contributed by atoms with E-state index in [2.05, 4.69) is 48.5 Å². The summed E-state index contributed by atoms with van der Waals surface area (Å²) in [5.74, 6) is 0.214. The molecular weight excluding hydrogens is 1140 g/mol. The Morgan fingerprint density at radius 2 is 0.593 bits per heavy atom. The van der Waals surface area contributed by atoms with Crippen LogP contribution in [0.5, 0.6) is 0 Å². The zero-order chi connectivity index (χ0) is 63.8. The molecule has 7 atom stereocenters. The maximum absolute atomic E-state index is 13.0. The van der Waals surface area contributed by atoms with E-state index in [1.807, 2.05) is 0 Å². The van der Waals surface area contributed by atoms with Crippen LogP contribution in [0.2, 0.25) is 0 Å². The largest absolute Gasteiger partial charge is 0.472 e. The lowest BCUT2D eigenvalue weighted by molar-refractivity contribution is -0.161. The van der Waals surface area contributed by atoms with Crippen LogP contribution in [0.1, 0.15) is 331 Å². The molecule has 0 aromatic carbocycles. The van der Waals surface area contributed by atoms with Crippen LogP contribution in [0, 0.1) is 17.8 Å². The van der Waals surface area contributed by atoms with Crippen molar-refractivity contribution in [2.45, 2.75) is 349 Å². The minimum absolute atomic E-state index is 0.104. The number of hydrogen-bond acceptors (Lipinski definition) is 15. The van der Waals surface area contributed by atoms with E-state index in [4.69, 9.17) is 37.0 Å². The zero-order valence-corrected chi connectivity index (χ0v) is 57.6. The van der Waals surface area contributed by atoms with Gasteiger partial charge in [0.1, 0.15) is 19.3 Å². The molecule has 17 nitrogen and oxygen atoms in total. The standard InChI is InChI=1S/C67H130O17P2/c1-8-11-12-31-41-48-64(69)77-54-62(83-67(72)51-44-37-30-24-23-27-34-40-47-60(7)10-3)56-81-85(73,74)79-52-61(68)53-80-86(75,76)82-57-63(55-78-65(70)49-42-35-28-21-18-17-20-26-33-39-46-59(6)9-2)84-66(71)50-43-36-29-22-16-14-13-15-19-25-32-38-45-58(4)5/h58-63,68H,8-57H2,1-7H3,(H,73,74)(H,75,76)/t59?,60?,61-,62+,63+/m0/s1. The van der Waals surface area contributed by atoms with Crippen molar-refractivity contribution in [3.8, 4) is 0 Å². The molecule has 4 unspecified atom stereocenters. The Hall–Kier alpha value is -1.94. The number of rotatable bonds is 65. The summed E-state index contributed by atoms with van der Waals surface area (Å²) in [6.07, 6.45) is 40.5. The number of aliphatic hydroxyl groups excluding tert-OH is 1. The first-order valence-electron chi connectivity index (χ1n) is 34.9. The molecular formula is C67H130O17P2. The van der Waals surface area contributed by atoms with Crippen molar-refractivity contribution >= 4 is 39.5 Å². The quantitative estimate of drug-likeness (QED) is 0.0222. The molecule has 0 fully saturated rings. The summed E-state index contributed by atoms with van der Waals surface area (Å²) in [5, 5.41) is 10.5. The molecule has 0 aliphatic carbocycles. The average molecular weight is 1270 g/mol. The molecule has 0 aromatic rings. The molecule has 0 saturated heterocycles. The van der Waals surface area contributed by atoms with Gasteiger partial charge in [0.05, 0.1) is 26.4 Å². The molecule has 0 aliphatic heterocycles. The number of unbranched alkanes of at least 4 members (excludes halogenated alkanes) is 31. The highest BCUT2D eigenvalue weighted by Gasteiger charge is 2.30. The fraction of sp³-hybridized carbons (Fsp3) is 0.940. The fourth-order valence-electron chi connectivity index (χ4n) is 9.95. The zero-order valence-electron chi connectivity index (χ0n) is 55.8. The Morgan fingerprint density at radius 3 is 0.884 bits per heavy atom. The van der Waals surface area contributed by atoms with Gasteiger partial charge in [0.25, 0.3) is 0 Å². The van der Waals surface area contributed by atoms with Crippen molar-refractivity contribution in [3.63, 3.8) is 0 Å². The van der Waals surface area contributed by atoms with Crippen molar-refractivity contribution in [2.24, 2.45) is 17.8 Å². The van der Waals surface area contributed by atoms with Crippen molar-refractivity contribution in [3.05, 3.63) is 0 Å². The minimum Gasteiger partial charge on any atom is -0.462 e. The minimum atomic E-state index is -4.95. The van der Waals surface area contributed by atoms with Gasteiger partial charge in [-0.1, -0.05) is 280 Å². The number of phosphoric ester groups is 2. The highest BCUT2D eigenvalue weighted by Crippen LogP contribution is 2.45. The molecule has 0 rings (SSSR count). The highest BCUT2D eigenvalue weighted by molar-refractivity contribution is 7.47. The molecule has 86 heavy (non-hydrogen) atoms. The van der Waals surface area contributed by atoms with E-state index in [0.29, 0.717) is 25.7 Å². The Morgan fingerprint density at radius 1 is 0.337 bits per heavy atom. The maximum atomic E-state index is 13.0. The topological polar surface area (TPSA) is 237 Å². The summed E-state index contributed by atoms with van der Waals surface area (Å²) in [5.41, 5.74) is 0. The van der Waals surface area contributed by atoms with Crippen molar-refractivity contribution in [1.29, 1.82) is 0 Å². The number of hydrogen-bond donors (Lipinski definition) is 3. The van der Waals surface area contributed by atoms with Crippen molar-refractivity contribution in [2.75, 3.05) is 39.6 Å². The van der Waals surface area contributed by atoms with Gasteiger partial charge in [0, 0.05) is 25.7 Å². The first kappa shape index (κ1) is 84.1. The Kier molecular flexibility index (Phi) is 56.9. The number of phosphoric acid groups is 2. The fourth-order valence-corrected chi connectivity index (χ4v) is 11.5. The van der Waals surface area contributed by atoms with Gasteiger partial charge in [-0.25, -0.2) is 9.13 Å².